The maximum Gasteiger partial charge on any atom is 0.338 e. The number of benzene rings is 2. The summed E-state index contributed by atoms with van der Waals surface area (Å²) in [7, 11) is 0. The van der Waals surface area contributed by atoms with E-state index < -0.39 is 12.0 Å². The summed E-state index contributed by atoms with van der Waals surface area (Å²) in [6, 6.07) is 16.9. The van der Waals surface area contributed by atoms with Crippen molar-refractivity contribution in [2.45, 2.75) is 19.9 Å². The van der Waals surface area contributed by atoms with Crippen LogP contribution >= 0.6 is 33.9 Å². The predicted molar refractivity (Wildman–Crippen MR) is 136 cm³/mol. The third-order valence-corrected chi connectivity index (χ3v) is 7.07. The fourth-order valence-corrected chi connectivity index (χ4v) is 5.57. The SMILES string of the molecule is CCOC(=O)C1=C(C)N=c2s/c(=C\c3ccc(I)o3)c(=O)n2[C@H]1c1cccc2ccccc12. The highest BCUT2D eigenvalue weighted by Gasteiger charge is 2.34. The molecule has 6 nitrogen and oxygen atoms in total. The van der Waals surface area contributed by atoms with Crippen LogP contribution in [0.2, 0.25) is 0 Å². The molecule has 33 heavy (non-hydrogen) atoms. The number of allylic oxidation sites excluding steroid dienone is 1. The smallest absolute Gasteiger partial charge is 0.338 e. The van der Waals surface area contributed by atoms with E-state index in [0.29, 0.717) is 26.4 Å². The van der Waals surface area contributed by atoms with E-state index >= 15 is 0 Å². The largest absolute Gasteiger partial charge is 0.463 e. The van der Waals surface area contributed by atoms with E-state index in [0.717, 1.165) is 20.1 Å². The van der Waals surface area contributed by atoms with Crippen molar-refractivity contribution < 1.29 is 13.9 Å². The normalized spacial score (nSPS) is 16.1. The number of nitrogens with zero attached hydrogens (tertiary/aromatic N) is 2. The lowest BCUT2D eigenvalue weighted by Gasteiger charge is -2.25. The van der Waals surface area contributed by atoms with E-state index in [1.165, 1.54) is 11.3 Å². The van der Waals surface area contributed by atoms with Crippen molar-refractivity contribution in [3.05, 3.63) is 101 Å². The lowest BCUT2D eigenvalue weighted by molar-refractivity contribution is -0.139. The minimum absolute atomic E-state index is 0.225. The Labute approximate surface area is 206 Å². The van der Waals surface area contributed by atoms with Crippen LogP contribution in [0.15, 0.2) is 80.1 Å². The van der Waals surface area contributed by atoms with Crippen molar-refractivity contribution in [3.63, 3.8) is 0 Å². The van der Waals surface area contributed by atoms with Crippen molar-refractivity contribution in [2.75, 3.05) is 6.61 Å². The Hall–Kier alpha value is -2.98. The first-order valence-electron chi connectivity index (χ1n) is 10.4. The summed E-state index contributed by atoms with van der Waals surface area (Å²) in [6.45, 7) is 3.79. The molecule has 1 aliphatic heterocycles. The van der Waals surface area contributed by atoms with Gasteiger partial charge < -0.3 is 9.15 Å². The van der Waals surface area contributed by atoms with Gasteiger partial charge in [0.1, 0.15) is 5.76 Å². The van der Waals surface area contributed by atoms with Crippen LogP contribution in [0.5, 0.6) is 0 Å². The van der Waals surface area contributed by atoms with Crippen LogP contribution in [-0.4, -0.2) is 17.1 Å². The molecule has 1 atom stereocenters. The lowest BCUT2D eigenvalue weighted by atomic mass is 9.91. The number of carbonyl (C=O) groups excluding carboxylic acids is 1. The number of ether oxygens (including phenoxy) is 1. The first-order chi connectivity index (χ1) is 16.0. The standard InChI is InChI=1S/C25H19IN2O4S/c1-3-31-24(30)21-14(2)27-25-28(23(29)19(33-25)13-16-11-12-20(26)32-16)22(21)18-10-6-8-15-7-4-5-9-17(15)18/h4-13,22H,3H2,1-2H3/b19-13-/t22-/m0/s1. The summed E-state index contributed by atoms with van der Waals surface area (Å²) in [5.74, 6) is 0.124. The van der Waals surface area contributed by atoms with E-state index in [4.69, 9.17) is 9.15 Å². The molecule has 2 aromatic carbocycles. The van der Waals surface area contributed by atoms with E-state index in [2.05, 4.69) is 27.6 Å². The van der Waals surface area contributed by atoms with Gasteiger partial charge >= 0.3 is 5.97 Å². The predicted octanol–water partition coefficient (Wildman–Crippen LogP) is 4.15. The van der Waals surface area contributed by atoms with Crippen molar-refractivity contribution in [1.29, 1.82) is 0 Å². The molecular weight excluding hydrogens is 551 g/mol. The molecule has 166 valence electrons. The average Bonchev–Trinajstić information content (AvgIpc) is 3.35. The zero-order chi connectivity index (χ0) is 23.1. The second-order valence-electron chi connectivity index (χ2n) is 7.51. The number of aromatic nitrogens is 1. The molecule has 3 heterocycles. The molecule has 0 radical (unpaired) electrons. The van der Waals surface area contributed by atoms with Gasteiger partial charge in [0.15, 0.2) is 8.57 Å². The number of esters is 1. The number of fused-ring (bicyclic) bond motifs is 2. The molecule has 1 aliphatic rings. The number of hydrogen-bond acceptors (Lipinski definition) is 6. The van der Waals surface area contributed by atoms with E-state index in [1.807, 2.05) is 54.6 Å². The van der Waals surface area contributed by atoms with Gasteiger partial charge in [0.2, 0.25) is 0 Å². The first kappa shape index (κ1) is 21.8. The Morgan fingerprint density at radius 3 is 2.76 bits per heavy atom. The maximum absolute atomic E-state index is 13.6. The third-order valence-electron chi connectivity index (χ3n) is 5.50. The summed E-state index contributed by atoms with van der Waals surface area (Å²) < 4.78 is 13.8. The Balaban J connectivity index is 1.81. The summed E-state index contributed by atoms with van der Waals surface area (Å²) in [5, 5.41) is 2.00. The van der Waals surface area contributed by atoms with Gasteiger partial charge in [-0.3, -0.25) is 9.36 Å². The second kappa shape index (κ2) is 8.75. The summed E-state index contributed by atoms with van der Waals surface area (Å²) in [6.07, 6.45) is 1.72. The zero-order valence-corrected chi connectivity index (χ0v) is 20.8. The Kier molecular flexibility index (Phi) is 5.79. The average molecular weight is 570 g/mol. The topological polar surface area (TPSA) is 73.8 Å². The minimum atomic E-state index is -0.648. The number of thiazole rings is 1. The van der Waals surface area contributed by atoms with Gasteiger partial charge in [-0.2, -0.15) is 0 Å². The molecular formula is C25H19IN2O4S. The molecule has 0 saturated carbocycles. The summed E-state index contributed by atoms with van der Waals surface area (Å²) >= 11 is 3.36. The second-order valence-corrected chi connectivity index (χ2v) is 9.58. The monoisotopic (exact) mass is 570 g/mol. The van der Waals surface area contributed by atoms with Gasteiger partial charge in [-0.15, -0.1) is 0 Å². The molecule has 0 unspecified atom stereocenters. The Morgan fingerprint density at radius 1 is 1.21 bits per heavy atom. The highest BCUT2D eigenvalue weighted by atomic mass is 127. The maximum atomic E-state index is 13.6. The van der Waals surface area contributed by atoms with E-state index in [1.54, 1.807) is 24.5 Å². The van der Waals surface area contributed by atoms with Gasteiger partial charge in [0.25, 0.3) is 5.56 Å². The van der Waals surface area contributed by atoms with Crippen molar-refractivity contribution in [1.82, 2.24) is 4.57 Å². The number of halogens is 1. The molecule has 5 rings (SSSR count). The molecule has 0 N–H and O–H groups in total. The summed E-state index contributed by atoms with van der Waals surface area (Å²) in [4.78, 5) is 31.9. The fraction of sp³-hybridized carbons (Fsp3) is 0.160. The van der Waals surface area contributed by atoms with Crippen LogP contribution in [-0.2, 0) is 9.53 Å². The van der Waals surface area contributed by atoms with Crippen molar-refractivity contribution >= 4 is 56.7 Å². The highest BCUT2D eigenvalue weighted by Crippen LogP contribution is 2.34. The number of rotatable bonds is 4. The zero-order valence-electron chi connectivity index (χ0n) is 17.9. The van der Waals surface area contributed by atoms with Crippen LogP contribution in [0, 0.1) is 3.77 Å². The minimum Gasteiger partial charge on any atom is -0.463 e. The fourth-order valence-electron chi connectivity index (χ4n) is 4.11. The van der Waals surface area contributed by atoms with Crippen LogP contribution in [0.4, 0.5) is 0 Å². The summed E-state index contributed by atoms with van der Waals surface area (Å²) in [5.41, 5.74) is 1.55. The molecule has 8 heteroatoms. The number of furan rings is 1. The van der Waals surface area contributed by atoms with Crippen LogP contribution in [0.25, 0.3) is 16.8 Å². The first-order valence-corrected chi connectivity index (χ1v) is 12.3. The lowest BCUT2D eigenvalue weighted by Crippen LogP contribution is -2.40. The quantitative estimate of drug-likeness (QED) is 0.273. The van der Waals surface area contributed by atoms with Crippen LogP contribution < -0.4 is 14.9 Å². The molecule has 0 saturated heterocycles. The van der Waals surface area contributed by atoms with Crippen molar-refractivity contribution in [3.8, 4) is 0 Å². The number of hydrogen-bond donors (Lipinski definition) is 0. The van der Waals surface area contributed by atoms with Gasteiger partial charge in [-0.05, 0) is 64.9 Å². The molecule has 0 amide bonds. The molecule has 0 fully saturated rings. The molecule has 2 aromatic heterocycles. The van der Waals surface area contributed by atoms with Crippen LogP contribution in [0.1, 0.15) is 31.2 Å². The van der Waals surface area contributed by atoms with E-state index in [9.17, 15) is 9.59 Å². The number of carbonyl (C=O) groups is 1. The van der Waals surface area contributed by atoms with Gasteiger partial charge in [-0.1, -0.05) is 53.8 Å². The van der Waals surface area contributed by atoms with Crippen LogP contribution in [0.3, 0.4) is 0 Å². The molecule has 0 spiro atoms. The van der Waals surface area contributed by atoms with Gasteiger partial charge in [0.05, 0.1) is 28.5 Å². The van der Waals surface area contributed by atoms with Crippen molar-refractivity contribution in [2.24, 2.45) is 4.99 Å². The molecule has 0 bridgehead atoms. The highest BCUT2D eigenvalue weighted by molar-refractivity contribution is 14.1. The van der Waals surface area contributed by atoms with E-state index in [-0.39, 0.29) is 12.2 Å². The Morgan fingerprint density at radius 2 is 2.00 bits per heavy atom. The molecule has 0 aliphatic carbocycles. The van der Waals surface area contributed by atoms with Gasteiger partial charge in [0, 0.05) is 6.08 Å². The third kappa shape index (κ3) is 3.87. The molecule has 4 aromatic rings. The Bertz CT molecular complexity index is 1600. The van der Waals surface area contributed by atoms with Gasteiger partial charge in [-0.25, -0.2) is 9.79 Å².